The number of carboxylic acids is 2. The summed E-state index contributed by atoms with van der Waals surface area (Å²) in [5.74, 6) is -5.45. The number of methoxy groups -OCH3 is 1. The van der Waals surface area contributed by atoms with Gasteiger partial charge in [-0.15, -0.1) is 0 Å². The van der Waals surface area contributed by atoms with Gasteiger partial charge in [-0.25, -0.2) is 0 Å². The summed E-state index contributed by atoms with van der Waals surface area (Å²) in [6.45, 7) is 0. The number of fused-ring (bicyclic) bond motifs is 1. The van der Waals surface area contributed by atoms with Gasteiger partial charge in [0.1, 0.15) is 29.6 Å². The summed E-state index contributed by atoms with van der Waals surface area (Å²) in [5, 5.41) is 29.9. The van der Waals surface area contributed by atoms with Gasteiger partial charge in [0.25, 0.3) is 5.91 Å². The van der Waals surface area contributed by atoms with E-state index >= 15 is 0 Å². The molecule has 4 rings (SSSR count). The zero-order chi connectivity index (χ0) is 35.5. The molecule has 0 aliphatic rings. The summed E-state index contributed by atoms with van der Waals surface area (Å²) in [5.41, 5.74) is 1.73. The predicted molar refractivity (Wildman–Crippen MR) is 179 cm³/mol. The Kier molecular flexibility index (Phi) is 12.3. The maximum Gasteiger partial charge on any atom is 0.305 e. The zero-order valence-electron chi connectivity index (χ0n) is 26.2. The molecular weight excluding hydrogens is 658 g/mol. The third kappa shape index (κ3) is 10.6. The van der Waals surface area contributed by atoms with Crippen LogP contribution in [0.2, 0.25) is 5.02 Å². The van der Waals surface area contributed by atoms with Crippen molar-refractivity contribution in [2.75, 3.05) is 12.4 Å². The van der Waals surface area contributed by atoms with Crippen LogP contribution in [0.3, 0.4) is 0 Å². The molecule has 49 heavy (non-hydrogen) atoms. The van der Waals surface area contributed by atoms with Gasteiger partial charge >= 0.3 is 11.9 Å². The molecule has 7 N–H and O–H groups in total. The van der Waals surface area contributed by atoms with Crippen LogP contribution < -0.4 is 26.0 Å². The van der Waals surface area contributed by atoms with Crippen molar-refractivity contribution in [2.24, 2.45) is 0 Å². The number of hydrogen-bond donors (Lipinski definition) is 7. The first-order chi connectivity index (χ1) is 23.4. The minimum absolute atomic E-state index is 0.0598. The van der Waals surface area contributed by atoms with E-state index in [4.69, 9.17) is 16.3 Å². The van der Waals surface area contributed by atoms with Gasteiger partial charge in [0.05, 0.1) is 13.5 Å². The van der Waals surface area contributed by atoms with Crippen molar-refractivity contribution in [2.45, 2.75) is 43.8 Å². The number of para-hydroxylation sites is 1. The molecule has 14 nitrogen and oxygen atoms in total. The van der Waals surface area contributed by atoms with Gasteiger partial charge in [-0.2, -0.15) is 0 Å². The Labute approximate surface area is 285 Å². The molecule has 1 heterocycles. The van der Waals surface area contributed by atoms with E-state index < -0.39 is 66.5 Å². The highest BCUT2D eigenvalue weighted by Gasteiger charge is 2.32. The molecule has 4 aromatic rings. The number of rotatable bonds is 16. The molecule has 0 aliphatic heterocycles. The Bertz CT molecular complexity index is 1830. The smallest absolute Gasteiger partial charge is 0.305 e. The lowest BCUT2D eigenvalue weighted by molar-refractivity contribution is -0.141. The number of nitrogens with one attached hydrogen (secondary N) is 5. The fourth-order valence-electron chi connectivity index (χ4n) is 4.88. The molecule has 0 saturated heterocycles. The average Bonchev–Trinajstić information content (AvgIpc) is 3.50. The molecule has 0 radical (unpaired) electrons. The number of ether oxygens (including phenoxy) is 1. The van der Waals surface area contributed by atoms with Gasteiger partial charge in [-0.1, -0.05) is 41.9 Å². The van der Waals surface area contributed by atoms with E-state index in [1.54, 1.807) is 78.9 Å². The molecule has 1 aromatic heterocycles. The Balaban J connectivity index is 1.56. The number of aromatic nitrogens is 1. The molecule has 0 spiro atoms. The Morgan fingerprint density at radius 1 is 0.776 bits per heavy atom. The Morgan fingerprint density at radius 2 is 1.45 bits per heavy atom. The Hall–Kier alpha value is -5.89. The van der Waals surface area contributed by atoms with Crippen LogP contribution in [0.4, 0.5) is 5.69 Å². The lowest BCUT2D eigenvalue weighted by Gasteiger charge is -2.24. The quantitative estimate of drug-likeness (QED) is 0.0917. The molecule has 0 bridgehead atoms. The number of aromatic amines is 1. The van der Waals surface area contributed by atoms with Crippen LogP contribution in [0, 0.1) is 0 Å². The fourth-order valence-corrected chi connectivity index (χ4v) is 5.06. The average molecular weight is 692 g/mol. The third-order valence-corrected chi connectivity index (χ3v) is 7.62. The van der Waals surface area contributed by atoms with Gasteiger partial charge in [0.15, 0.2) is 0 Å². The van der Waals surface area contributed by atoms with E-state index in [-0.39, 0.29) is 18.5 Å². The number of H-pyrrole nitrogens is 1. The van der Waals surface area contributed by atoms with E-state index in [0.29, 0.717) is 32.9 Å². The van der Waals surface area contributed by atoms with Crippen LogP contribution in [0.15, 0.2) is 78.9 Å². The summed E-state index contributed by atoms with van der Waals surface area (Å²) in [4.78, 5) is 79.6. The van der Waals surface area contributed by atoms with Crippen molar-refractivity contribution < 1.29 is 43.7 Å². The number of anilines is 1. The van der Waals surface area contributed by atoms with Crippen molar-refractivity contribution >= 4 is 63.8 Å². The lowest BCUT2D eigenvalue weighted by atomic mass is 10.0. The van der Waals surface area contributed by atoms with Crippen LogP contribution in [0.5, 0.6) is 5.75 Å². The molecule has 0 aliphatic carbocycles. The summed E-state index contributed by atoms with van der Waals surface area (Å²) in [6, 6.07) is 17.0. The molecule has 15 heteroatoms. The number of amides is 4. The van der Waals surface area contributed by atoms with Crippen LogP contribution in [0.1, 0.15) is 35.3 Å². The van der Waals surface area contributed by atoms with Crippen LogP contribution >= 0.6 is 11.6 Å². The SMILES string of the molecule is COc1ccc(C[C@H](NC(=O)c2cc3cc(Cl)ccc3[nH]2)C(=O)N[C@@H](CC(=O)O)C(=O)N[C@@H](CCC(=O)O)C(=O)Nc2ccccc2)cc1. The molecule has 256 valence electrons. The minimum Gasteiger partial charge on any atom is -0.497 e. The number of carbonyl (C=O) groups excluding carboxylic acids is 4. The largest absolute Gasteiger partial charge is 0.497 e. The monoisotopic (exact) mass is 691 g/mol. The number of carboxylic acid groups (broad SMARTS) is 2. The number of benzene rings is 3. The van der Waals surface area contributed by atoms with E-state index in [0.717, 1.165) is 0 Å². The normalized spacial score (nSPS) is 12.6. The molecule has 4 amide bonds. The van der Waals surface area contributed by atoms with Crippen molar-refractivity contribution in [3.63, 3.8) is 0 Å². The maximum atomic E-state index is 13.7. The molecule has 3 atom stereocenters. The van der Waals surface area contributed by atoms with E-state index in [1.807, 2.05) is 0 Å². The first-order valence-electron chi connectivity index (χ1n) is 15.0. The molecule has 3 aromatic carbocycles. The highest BCUT2D eigenvalue weighted by Crippen LogP contribution is 2.20. The van der Waals surface area contributed by atoms with Gasteiger partial charge in [0.2, 0.25) is 17.7 Å². The summed E-state index contributed by atoms with van der Waals surface area (Å²) in [7, 11) is 1.49. The van der Waals surface area contributed by atoms with E-state index in [2.05, 4.69) is 26.3 Å². The van der Waals surface area contributed by atoms with Gasteiger partial charge in [-0.05, 0) is 60.5 Å². The second-order valence-corrected chi connectivity index (χ2v) is 11.4. The molecule has 0 unspecified atom stereocenters. The van der Waals surface area contributed by atoms with Gasteiger partial charge < -0.3 is 41.2 Å². The van der Waals surface area contributed by atoms with Gasteiger partial charge in [-0.3, -0.25) is 28.8 Å². The highest BCUT2D eigenvalue weighted by atomic mass is 35.5. The highest BCUT2D eigenvalue weighted by molar-refractivity contribution is 6.31. The van der Waals surface area contributed by atoms with Crippen LogP contribution in [0.25, 0.3) is 10.9 Å². The number of halogens is 1. The second kappa shape index (κ2) is 16.8. The van der Waals surface area contributed by atoms with Crippen LogP contribution in [-0.2, 0) is 30.4 Å². The van der Waals surface area contributed by atoms with E-state index in [9.17, 15) is 39.0 Å². The Morgan fingerprint density at radius 3 is 2.10 bits per heavy atom. The molecule has 0 saturated carbocycles. The number of carbonyl (C=O) groups is 6. The predicted octanol–water partition coefficient (Wildman–Crippen LogP) is 3.12. The summed E-state index contributed by atoms with van der Waals surface area (Å²) < 4.78 is 5.19. The van der Waals surface area contributed by atoms with Crippen LogP contribution in [-0.4, -0.2) is 76.0 Å². The number of aliphatic carboxylic acids is 2. The molecule has 0 fully saturated rings. The minimum atomic E-state index is -1.70. The third-order valence-electron chi connectivity index (χ3n) is 7.38. The second-order valence-electron chi connectivity index (χ2n) is 11.0. The zero-order valence-corrected chi connectivity index (χ0v) is 27.0. The number of hydrogen-bond acceptors (Lipinski definition) is 7. The maximum absolute atomic E-state index is 13.7. The standard InChI is InChI=1S/C34H34ClN5O9/c1-49-23-10-7-19(8-11-23)15-26(39-33(47)27-17-20-16-21(35)9-12-24(20)37-27)32(46)40-28(18-30(43)44)34(48)38-25(13-14-29(41)42)31(45)36-22-5-3-2-4-6-22/h2-12,16-17,25-26,28,37H,13-15,18H2,1H3,(H,36,45)(H,38,48)(H,39,47)(H,40,46)(H,41,42)(H,43,44)/t25-,26-,28-/m0/s1. The summed E-state index contributed by atoms with van der Waals surface area (Å²) in [6.07, 6.45) is -1.75. The fraction of sp³-hybridized carbons (Fsp3) is 0.235. The molecular formula is C34H34ClN5O9. The van der Waals surface area contributed by atoms with E-state index in [1.165, 1.54) is 7.11 Å². The van der Waals surface area contributed by atoms with Crippen molar-refractivity contribution in [3.8, 4) is 5.75 Å². The lowest BCUT2D eigenvalue weighted by Crippen LogP contribution is -2.57. The van der Waals surface area contributed by atoms with Crippen molar-refractivity contribution in [3.05, 3.63) is 95.1 Å². The summed E-state index contributed by atoms with van der Waals surface area (Å²) >= 11 is 6.07. The van der Waals surface area contributed by atoms with Crippen molar-refractivity contribution in [1.29, 1.82) is 0 Å². The van der Waals surface area contributed by atoms with Gasteiger partial charge in [0, 0.05) is 34.5 Å². The first kappa shape index (κ1) is 36.0. The topological polar surface area (TPSA) is 216 Å². The van der Waals surface area contributed by atoms with Crippen molar-refractivity contribution in [1.82, 2.24) is 20.9 Å². The first-order valence-corrected chi connectivity index (χ1v) is 15.4.